The van der Waals surface area contributed by atoms with Gasteiger partial charge in [0.15, 0.2) is 0 Å². The molecule has 7 heteroatoms. The minimum absolute atomic E-state index is 0.110. The second-order valence-corrected chi connectivity index (χ2v) is 8.22. The van der Waals surface area contributed by atoms with Crippen LogP contribution in [-0.4, -0.2) is 48.7 Å². The molecule has 164 valence electrons. The van der Waals surface area contributed by atoms with Gasteiger partial charge in [-0.25, -0.2) is 4.79 Å². The lowest BCUT2D eigenvalue weighted by Crippen LogP contribution is -2.43. The number of nitrogens with one attached hydrogen (secondary N) is 3. The summed E-state index contributed by atoms with van der Waals surface area (Å²) < 4.78 is 5.42. The van der Waals surface area contributed by atoms with Crippen molar-refractivity contribution < 1.29 is 14.3 Å². The van der Waals surface area contributed by atoms with Gasteiger partial charge >= 0.3 is 6.03 Å². The summed E-state index contributed by atoms with van der Waals surface area (Å²) in [4.78, 5) is 26.9. The van der Waals surface area contributed by atoms with Crippen LogP contribution in [0, 0.1) is 0 Å². The van der Waals surface area contributed by atoms with Crippen LogP contribution in [-0.2, 0) is 22.6 Å². The topological polar surface area (TPSA) is 82.7 Å². The first-order valence-corrected chi connectivity index (χ1v) is 11.0. The summed E-state index contributed by atoms with van der Waals surface area (Å²) in [6.45, 7) is 3.78. The molecule has 4 rings (SSSR count). The quantitative estimate of drug-likeness (QED) is 0.641. The van der Waals surface area contributed by atoms with Gasteiger partial charge < -0.3 is 20.7 Å². The van der Waals surface area contributed by atoms with E-state index in [2.05, 4.69) is 45.1 Å². The number of amides is 3. The number of hydrogen-bond acceptors (Lipinski definition) is 4. The van der Waals surface area contributed by atoms with Gasteiger partial charge in [0.25, 0.3) is 5.91 Å². The third kappa shape index (κ3) is 6.29. The third-order valence-electron chi connectivity index (χ3n) is 5.73. The van der Waals surface area contributed by atoms with Crippen LogP contribution in [0.2, 0.25) is 0 Å². The van der Waals surface area contributed by atoms with Crippen LogP contribution in [0.4, 0.5) is 10.5 Å². The summed E-state index contributed by atoms with van der Waals surface area (Å²) in [6, 6.07) is 17.9. The minimum Gasteiger partial charge on any atom is -0.368 e. The Balaban J connectivity index is 1.20. The second kappa shape index (κ2) is 10.4. The Morgan fingerprint density at radius 2 is 1.87 bits per heavy atom. The van der Waals surface area contributed by atoms with Crippen LogP contribution in [0.25, 0.3) is 0 Å². The molecule has 0 saturated carbocycles. The highest BCUT2D eigenvalue weighted by Gasteiger charge is 2.24. The van der Waals surface area contributed by atoms with Gasteiger partial charge in [0.2, 0.25) is 0 Å². The molecule has 3 amide bonds. The van der Waals surface area contributed by atoms with E-state index in [1.54, 1.807) is 0 Å². The lowest BCUT2D eigenvalue weighted by atomic mass is 10.2. The van der Waals surface area contributed by atoms with Gasteiger partial charge in [0.1, 0.15) is 6.10 Å². The highest BCUT2D eigenvalue weighted by Crippen LogP contribution is 2.17. The normalized spacial score (nSPS) is 21.0. The van der Waals surface area contributed by atoms with Crippen LogP contribution in [0.3, 0.4) is 0 Å². The first-order valence-electron chi connectivity index (χ1n) is 11.0. The highest BCUT2D eigenvalue weighted by molar-refractivity contribution is 5.94. The maximum absolute atomic E-state index is 12.3. The maximum atomic E-state index is 12.3. The molecule has 0 radical (unpaired) electrons. The largest absolute Gasteiger partial charge is 0.368 e. The van der Waals surface area contributed by atoms with Gasteiger partial charge in [-0.1, -0.05) is 42.5 Å². The van der Waals surface area contributed by atoms with Crippen LogP contribution < -0.4 is 16.0 Å². The lowest BCUT2D eigenvalue weighted by Gasteiger charge is -2.17. The van der Waals surface area contributed by atoms with Crippen molar-refractivity contribution in [2.75, 3.05) is 25.0 Å². The number of nitrogens with zero attached hydrogens (tertiary/aromatic N) is 1. The fourth-order valence-electron chi connectivity index (χ4n) is 4.12. The van der Waals surface area contributed by atoms with Crippen molar-refractivity contribution >= 4 is 17.6 Å². The fraction of sp³-hybridized carbons (Fsp3) is 0.417. The van der Waals surface area contributed by atoms with Crippen molar-refractivity contribution in [3.8, 4) is 0 Å². The van der Waals surface area contributed by atoms with Crippen molar-refractivity contribution in [2.24, 2.45) is 0 Å². The van der Waals surface area contributed by atoms with Crippen LogP contribution >= 0.6 is 0 Å². The van der Waals surface area contributed by atoms with Crippen molar-refractivity contribution in [3.63, 3.8) is 0 Å². The van der Waals surface area contributed by atoms with Crippen LogP contribution in [0.5, 0.6) is 0 Å². The predicted molar refractivity (Wildman–Crippen MR) is 120 cm³/mol. The average molecular weight is 423 g/mol. The Labute approximate surface area is 183 Å². The van der Waals surface area contributed by atoms with E-state index >= 15 is 0 Å². The molecule has 2 fully saturated rings. The third-order valence-corrected chi connectivity index (χ3v) is 5.73. The first kappa shape index (κ1) is 21.3. The number of ether oxygens (including phenoxy) is 1. The molecule has 2 heterocycles. The Hall–Kier alpha value is -2.90. The van der Waals surface area contributed by atoms with Crippen LogP contribution in [0.1, 0.15) is 30.4 Å². The van der Waals surface area contributed by atoms with Crippen molar-refractivity contribution in [2.45, 2.75) is 44.5 Å². The number of hydrogen-bond donors (Lipinski definition) is 3. The molecule has 2 saturated heterocycles. The van der Waals surface area contributed by atoms with Crippen molar-refractivity contribution in [1.29, 1.82) is 0 Å². The van der Waals surface area contributed by atoms with Crippen molar-refractivity contribution in [1.82, 2.24) is 15.5 Å². The van der Waals surface area contributed by atoms with Crippen molar-refractivity contribution in [3.05, 3.63) is 65.7 Å². The number of benzene rings is 2. The number of likely N-dealkylation sites (tertiary alicyclic amines) is 1. The van der Waals surface area contributed by atoms with Gasteiger partial charge in [0.05, 0.1) is 0 Å². The molecule has 2 aliphatic heterocycles. The number of carbonyl (C=O) groups is 2. The number of carbonyl (C=O) groups excluding carboxylic acids is 2. The van der Waals surface area contributed by atoms with E-state index in [1.165, 1.54) is 5.56 Å². The highest BCUT2D eigenvalue weighted by atomic mass is 16.5. The zero-order valence-corrected chi connectivity index (χ0v) is 17.7. The van der Waals surface area contributed by atoms with Gasteiger partial charge in [-0.2, -0.15) is 0 Å². The molecule has 3 N–H and O–H groups in total. The van der Waals surface area contributed by atoms with E-state index < -0.39 is 0 Å². The Kier molecular flexibility index (Phi) is 7.17. The number of anilines is 1. The Morgan fingerprint density at radius 1 is 1.03 bits per heavy atom. The summed E-state index contributed by atoms with van der Waals surface area (Å²) in [6.07, 6.45) is 2.27. The van der Waals surface area contributed by atoms with E-state index in [4.69, 9.17) is 4.74 Å². The standard InChI is InChI=1S/C24H30N4O3/c29-23(22-10-5-13-31-22)26-20-9-4-8-19(14-20)15-25-24(30)27-21-11-12-28(17-21)16-18-6-2-1-3-7-18/h1-4,6-9,14,21-22H,5,10-13,15-17H2,(H,26,29)(H2,25,27,30). The van der Waals surface area contributed by atoms with Gasteiger partial charge in [0, 0.05) is 44.5 Å². The molecule has 0 bridgehead atoms. The second-order valence-electron chi connectivity index (χ2n) is 8.22. The monoisotopic (exact) mass is 422 g/mol. The number of urea groups is 1. The predicted octanol–water partition coefficient (Wildman–Crippen LogP) is 2.88. The summed E-state index contributed by atoms with van der Waals surface area (Å²) in [7, 11) is 0. The SMILES string of the molecule is O=C(NCc1cccc(NC(=O)C2CCCO2)c1)NC1CCN(Cc2ccccc2)C1. The van der Waals surface area contributed by atoms with Gasteiger partial charge in [-0.15, -0.1) is 0 Å². The molecule has 0 aliphatic carbocycles. The molecule has 31 heavy (non-hydrogen) atoms. The Morgan fingerprint density at radius 3 is 2.68 bits per heavy atom. The Bertz CT molecular complexity index is 883. The molecular formula is C24H30N4O3. The van der Waals surface area contributed by atoms with E-state index in [0.717, 1.165) is 44.5 Å². The fourth-order valence-corrected chi connectivity index (χ4v) is 4.12. The molecule has 2 unspecified atom stereocenters. The van der Waals surface area contributed by atoms with E-state index in [-0.39, 0.29) is 24.1 Å². The zero-order valence-electron chi connectivity index (χ0n) is 17.7. The summed E-state index contributed by atoms with van der Waals surface area (Å²) in [5, 5.41) is 8.89. The maximum Gasteiger partial charge on any atom is 0.315 e. The summed E-state index contributed by atoms with van der Waals surface area (Å²) in [5.41, 5.74) is 2.93. The van der Waals surface area contributed by atoms with E-state index in [0.29, 0.717) is 18.8 Å². The van der Waals surface area contributed by atoms with Gasteiger partial charge in [-0.3, -0.25) is 9.69 Å². The number of rotatable bonds is 7. The first-order chi connectivity index (χ1) is 15.2. The molecule has 2 aromatic rings. The molecule has 0 aromatic heterocycles. The minimum atomic E-state index is -0.361. The molecule has 2 aliphatic rings. The van der Waals surface area contributed by atoms with E-state index in [9.17, 15) is 9.59 Å². The molecule has 7 nitrogen and oxygen atoms in total. The summed E-state index contributed by atoms with van der Waals surface area (Å²) >= 11 is 0. The van der Waals surface area contributed by atoms with Gasteiger partial charge in [-0.05, 0) is 42.5 Å². The lowest BCUT2D eigenvalue weighted by molar-refractivity contribution is -0.124. The van der Waals surface area contributed by atoms with E-state index in [1.807, 2.05) is 30.3 Å². The van der Waals surface area contributed by atoms with Crippen LogP contribution in [0.15, 0.2) is 54.6 Å². The molecule has 0 spiro atoms. The molecule has 2 aromatic carbocycles. The summed E-state index contributed by atoms with van der Waals surface area (Å²) in [5.74, 6) is -0.110. The zero-order chi connectivity index (χ0) is 21.5. The average Bonchev–Trinajstić information content (AvgIpc) is 3.46. The smallest absolute Gasteiger partial charge is 0.315 e. The molecular weight excluding hydrogens is 392 g/mol. The molecule has 2 atom stereocenters.